The van der Waals surface area contributed by atoms with Crippen LogP contribution < -0.4 is 5.32 Å². The van der Waals surface area contributed by atoms with Gasteiger partial charge in [0, 0.05) is 11.0 Å². The average Bonchev–Trinajstić information content (AvgIpc) is 2.85. The molecule has 130 valence electrons. The molecular formula is C14H12BrCl2FN2O4. The third-order valence-electron chi connectivity index (χ3n) is 3.32. The number of aliphatic hydroxyl groups excluding tert-OH is 1. The topological polar surface area (TPSA) is 78.9 Å². The van der Waals surface area contributed by atoms with E-state index in [0.29, 0.717) is 4.47 Å². The lowest BCUT2D eigenvalue weighted by Gasteiger charge is -2.16. The maximum absolute atomic E-state index is 13.9. The number of methoxy groups -OCH3 is 1. The van der Waals surface area contributed by atoms with Crippen molar-refractivity contribution in [2.75, 3.05) is 32.1 Å². The highest BCUT2D eigenvalue weighted by Crippen LogP contribution is 2.38. The van der Waals surface area contributed by atoms with Crippen LogP contribution in [0.25, 0.3) is 0 Å². The lowest BCUT2D eigenvalue weighted by Crippen LogP contribution is -2.31. The molecule has 1 amide bonds. The van der Waals surface area contributed by atoms with Gasteiger partial charge in [-0.2, -0.15) is 0 Å². The van der Waals surface area contributed by atoms with Gasteiger partial charge in [0.05, 0.1) is 36.5 Å². The number of hydrogen-bond acceptors (Lipinski definition) is 5. The van der Waals surface area contributed by atoms with Crippen molar-refractivity contribution in [1.82, 2.24) is 4.90 Å². The van der Waals surface area contributed by atoms with Crippen molar-refractivity contribution in [1.29, 1.82) is 0 Å². The number of hydrogen-bond donors (Lipinski definition) is 2. The van der Waals surface area contributed by atoms with E-state index in [4.69, 9.17) is 28.3 Å². The number of rotatable bonds is 5. The maximum atomic E-state index is 13.9. The molecule has 1 aliphatic heterocycles. The van der Waals surface area contributed by atoms with Crippen molar-refractivity contribution in [3.8, 4) is 0 Å². The second-order valence-corrected chi connectivity index (χ2v) is 6.40. The molecule has 1 aliphatic rings. The molecule has 0 atom stereocenters. The van der Waals surface area contributed by atoms with E-state index in [0.717, 1.165) is 0 Å². The van der Waals surface area contributed by atoms with E-state index < -0.39 is 17.7 Å². The fourth-order valence-corrected chi connectivity index (χ4v) is 3.43. The summed E-state index contributed by atoms with van der Waals surface area (Å²) in [5.41, 5.74) is 0.00284. The zero-order valence-corrected chi connectivity index (χ0v) is 15.4. The summed E-state index contributed by atoms with van der Waals surface area (Å²) in [5, 5.41) is 11.2. The van der Waals surface area contributed by atoms with Crippen LogP contribution in [0.1, 0.15) is 0 Å². The highest BCUT2D eigenvalue weighted by Gasteiger charge is 2.35. The van der Waals surface area contributed by atoms with Crippen molar-refractivity contribution in [2.24, 2.45) is 0 Å². The van der Waals surface area contributed by atoms with Crippen LogP contribution >= 0.6 is 39.1 Å². The Balaban J connectivity index is 2.47. The smallest absolute Gasteiger partial charge is 0.337 e. The Labute approximate surface area is 155 Å². The molecule has 10 heteroatoms. The molecule has 1 heterocycles. The van der Waals surface area contributed by atoms with Crippen LogP contribution in [0.3, 0.4) is 0 Å². The first-order valence-electron chi connectivity index (χ1n) is 6.63. The van der Waals surface area contributed by atoms with Crippen LogP contribution in [0.15, 0.2) is 21.8 Å². The quantitative estimate of drug-likeness (QED) is 0.417. The Morgan fingerprint density at radius 2 is 2.21 bits per heavy atom. The number of nitrogens with zero attached hydrogens (tertiary/aromatic N) is 1. The fraction of sp³-hybridized carbons (Fsp3) is 0.286. The molecule has 1 aromatic rings. The molecule has 0 spiro atoms. The van der Waals surface area contributed by atoms with Crippen LogP contribution in [0.4, 0.5) is 10.1 Å². The van der Waals surface area contributed by atoms with Crippen LogP contribution in [-0.2, 0) is 14.3 Å². The van der Waals surface area contributed by atoms with E-state index >= 15 is 0 Å². The first-order chi connectivity index (χ1) is 11.3. The Morgan fingerprint density at radius 3 is 2.79 bits per heavy atom. The molecule has 1 aromatic carbocycles. The summed E-state index contributed by atoms with van der Waals surface area (Å²) in [6.07, 6.45) is 0. The normalized spacial score (nSPS) is 14.4. The minimum atomic E-state index is -0.859. The minimum Gasteiger partial charge on any atom is -0.466 e. The van der Waals surface area contributed by atoms with E-state index in [9.17, 15) is 14.0 Å². The van der Waals surface area contributed by atoms with Gasteiger partial charge in [0.1, 0.15) is 10.7 Å². The second kappa shape index (κ2) is 7.69. The number of carbonyl (C=O) groups excluding carboxylic acids is 2. The third-order valence-corrected chi connectivity index (χ3v) is 4.57. The lowest BCUT2D eigenvalue weighted by molar-refractivity contribution is -0.136. The number of esters is 1. The summed E-state index contributed by atoms with van der Waals surface area (Å²) >= 11 is 14.8. The number of anilines is 1. The molecule has 0 saturated heterocycles. The summed E-state index contributed by atoms with van der Waals surface area (Å²) in [5.74, 6) is -2.11. The van der Waals surface area contributed by atoms with Crippen molar-refractivity contribution in [3.63, 3.8) is 0 Å². The Morgan fingerprint density at radius 1 is 1.54 bits per heavy atom. The number of benzene rings is 1. The maximum Gasteiger partial charge on any atom is 0.337 e. The molecule has 0 aliphatic carbocycles. The zero-order chi connectivity index (χ0) is 18.0. The van der Waals surface area contributed by atoms with Gasteiger partial charge in [0.2, 0.25) is 0 Å². The standard InChI is InChI=1S/C14H12BrCl2FN2O4/c1-24-14(23)6-5-20(2-3-21)13(22)11(6)19-12-7(15)4-8(16)10(18)9(12)17/h4,19,21H,2-3,5H2,1H3. The van der Waals surface area contributed by atoms with Crippen LogP contribution in [0.2, 0.25) is 10.0 Å². The number of amides is 1. The number of ether oxygens (including phenoxy) is 1. The summed E-state index contributed by atoms with van der Waals surface area (Å²) < 4.78 is 18.9. The van der Waals surface area contributed by atoms with Gasteiger partial charge in [-0.3, -0.25) is 4.79 Å². The second-order valence-electron chi connectivity index (χ2n) is 4.76. The SMILES string of the molecule is COC(=O)C1=C(Nc2c(Br)cc(Cl)c(F)c2Cl)C(=O)N(CCO)C1. The van der Waals surface area contributed by atoms with Crippen LogP contribution in [0, 0.1) is 5.82 Å². The van der Waals surface area contributed by atoms with Gasteiger partial charge in [0.15, 0.2) is 5.82 Å². The number of β-amino-alcohol motifs (C(OH)–C–C–N with tert-alkyl or cyclic N) is 1. The molecule has 2 rings (SSSR count). The molecule has 0 unspecified atom stereocenters. The number of aliphatic hydroxyl groups is 1. The van der Waals surface area contributed by atoms with Gasteiger partial charge in [-0.1, -0.05) is 23.2 Å². The Kier molecular flexibility index (Phi) is 6.08. The summed E-state index contributed by atoms with van der Waals surface area (Å²) in [4.78, 5) is 25.6. The highest BCUT2D eigenvalue weighted by molar-refractivity contribution is 9.10. The molecule has 24 heavy (non-hydrogen) atoms. The predicted octanol–water partition coefficient (Wildman–Crippen LogP) is 2.57. The first-order valence-corrected chi connectivity index (χ1v) is 8.18. The number of carbonyl (C=O) groups is 2. The average molecular weight is 442 g/mol. The molecule has 0 bridgehead atoms. The molecule has 2 N–H and O–H groups in total. The van der Waals surface area contributed by atoms with Crippen molar-refractivity contribution >= 4 is 56.7 Å². The largest absolute Gasteiger partial charge is 0.466 e. The lowest BCUT2D eigenvalue weighted by atomic mass is 10.2. The van der Waals surface area contributed by atoms with Gasteiger partial charge in [-0.15, -0.1) is 0 Å². The monoisotopic (exact) mass is 440 g/mol. The first kappa shape index (κ1) is 19.0. The zero-order valence-electron chi connectivity index (χ0n) is 12.3. The number of nitrogens with one attached hydrogen (secondary N) is 1. The van der Waals surface area contributed by atoms with Crippen LogP contribution in [-0.4, -0.2) is 48.7 Å². The molecular weight excluding hydrogens is 430 g/mol. The van der Waals surface area contributed by atoms with Gasteiger partial charge in [-0.05, 0) is 22.0 Å². The summed E-state index contributed by atoms with van der Waals surface area (Å²) in [6.45, 7) is -0.276. The Bertz CT molecular complexity index is 742. The predicted molar refractivity (Wildman–Crippen MR) is 90.5 cm³/mol. The van der Waals surface area contributed by atoms with Crippen LogP contribution in [0.5, 0.6) is 0 Å². The summed E-state index contributed by atoms with van der Waals surface area (Å²) in [7, 11) is 1.18. The molecule has 6 nitrogen and oxygen atoms in total. The number of halogens is 4. The molecule has 0 radical (unpaired) electrons. The van der Waals surface area contributed by atoms with Gasteiger partial charge < -0.3 is 20.1 Å². The molecule has 0 aromatic heterocycles. The van der Waals surface area contributed by atoms with Gasteiger partial charge >= 0.3 is 5.97 Å². The van der Waals surface area contributed by atoms with E-state index in [1.54, 1.807) is 0 Å². The van der Waals surface area contributed by atoms with E-state index in [1.807, 2.05) is 0 Å². The Hall–Kier alpha value is -1.35. The van der Waals surface area contributed by atoms with Gasteiger partial charge in [0.25, 0.3) is 5.91 Å². The third kappa shape index (κ3) is 3.51. The van der Waals surface area contributed by atoms with Crippen molar-refractivity contribution in [3.05, 3.63) is 37.7 Å². The van der Waals surface area contributed by atoms with E-state index in [1.165, 1.54) is 18.1 Å². The molecule has 0 fully saturated rings. The highest BCUT2D eigenvalue weighted by atomic mass is 79.9. The van der Waals surface area contributed by atoms with Gasteiger partial charge in [-0.25, -0.2) is 9.18 Å². The van der Waals surface area contributed by atoms with E-state index in [-0.39, 0.29) is 46.7 Å². The fourth-order valence-electron chi connectivity index (χ4n) is 2.15. The van der Waals surface area contributed by atoms with Crippen molar-refractivity contribution in [2.45, 2.75) is 0 Å². The van der Waals surface area contributed by atoms with Crippen molar-refractivity contribution < 1.29 is 23.8 Å². The molecule has 0 saturated carbocycles. The summed E-state index contributed by atoms with van der Waals surface area (Å²) in [6, 6.07) is 1.27. The minimum absolute atomic E-state index is 0.0361. The van der Waals surface area contributed by atoms with E-state index in [2.05, 4.69) is 26.0 Å².